The molecule has 0 radical (unpaired) electrons. The number of hydrogen-bond acceptors (Lipinski definition) is 10. The monoisotopic (exact) mass is 616 g/mol. The Hall–Kier alpha value is -5.26. The second kappa shape index (κ2) is 14.0. The van der Waals surface area contributed by atoms with Gasteiger partial charge in [-0.25, -0.2) is 9.78 Å². The lowest BCUT2D eigenvalue weighted by molar-refractivity contribution is -0.386. The Morgan fingerprint density at radius 2 is 1.82 bits per heavy atom. The number of hydrogen-bond donors (Lipinski definition) is 0. The van der Waals surface area contributed by atoms with E-state index >= 15 is 0 Å². The van der Waals surface area contributed by atoms with Gasteiger partial charge >= 0.3 is 11.7 Å². The largest absolute Gasteiger partial charge is 0.494 e. The molecule has 45 heavy (non-hydrogen) atoms. The second-order valence-corrected chi connectivity index (χ2v) is 10.4. The van der Waals surface area contributed by atoms with E-state index < -0.39 is 28.2 Å². The van der Waals surface area contributed by atoms with Crippen LogP contribution in [0.25, 0.3) is 22.3 Å². The van der Waals surface area contributed by atoms with Crippen LogP contribution in [0.15, 0.2) is 58.4 Å². The molecular formula is C33H36N4O8. The van der Waals surface area contributed by atoms with Crippen molar-refractivity contribution < 1.29 is 28.7 Å². The van der Waals surface area contributed by atoms with Gasteiger partial charge in [0.25, 0.3) is 5.56 Å². The maximum atomic E-state index is 13.8. The minimum Gasteiger partial charge on any atom is -0.494 e. The van der Waals surface area contributed by atoms with Crippen molar-refractivity contribution in [2.24, 2.45) is 5.10 Å². The molecule has 0 saturated carbocycles. The van der Waals surface area contributed by atoms with Crippen molar-refractivity contribution >= 4 is 28.8 Å². The minimum atomic E-state index is -1.13. The van der Waals surface area contributed by atoms with Gasteiger partial charge < -0.3 is 18.9 Å². The van der Waals surface area contributed by atoms with E-state index in [1.54, 1.807) is 31.2 Å². The van der Waals surface area contributed by atoms with Gasteiger partial charge in [0.05, 0.1) is 42.4 Å². The summed E-state index contributed by atoms with van der Waals surface area (Å²) in [4.78, 5) is 42.2. The van der Waals surface area contributed by atoms with Crippen LogP contribution in [0.5, 0.6) is 17.2 Å². The number of esters is 1. The topological polar surface area (TPSA) is 144 Å². The molecule has 1 heterocycles. The van der Waals surface area contributed by atoms with Crippen LogP contribution < -0.4 is 19.8 Å². The number of nitrogens with zero attached hydrogens (tertiary/aromatic N) is 4. The van der Waals surface area contributed by atoms with Crippen molar-refractivity contribution in [3.05, 3.63) is 85.7 Å². The van der Waals surface area contributed by atoms with Crippen LogP contribution in [0.3, 0.4) is 0 Å². The number of ether oxygens (including phenoxy) is 4. The third kappa shape index (κ3) is 6.95. The molecule has 4 rings (SSSR count). The molecular weight excluding hydrogens is 580 g/mol. The van der Waals surface area contributed by atoms with Crippen molar-refractivity contribution in [3.8, 4) is 28.6 Å². The predicted molar refractivity (Wildman–Crippen MR) is 171 cm³/mol. The summed E-state index contributed by atoms with van der Waals surface area (Å²) in [6.45, 7) is 11.6. The fourth-order valence-electron chi connectivity index (χ4n) is 4.77. The molecule has 0 unspecified atom stereocenters. The number of rotatable bonds is 12. The summed E-state index contributed by atoms with van der Waals surface area (Å²) in [6.07, 6.45) is 0.179. The summed E-state index contributed by atoms with van der Waals surface area (Å²) >= 11 is 0. The molecule has 0 amide bonds. The molecule has 0 aliphatic heterocycles. The van der Waals surface area contributed by atoms with E-state index in [4.69, 9.17) is 23.9 Å². The smallest absolute Gasteiger partial charge is 0.347 e. The highest BCUT2D eigenvalue weighted by molar-refractivity contribution is 5.85. The van der Waals surface area contributed by atoms with Gasteiger partial charge in [0.15, 0.2) is 17.7 Å². The number of benzene rings is 3. The van der Waals surface area contributed by atoms with Gasteiger partial charge in [0, 0.05) is 17.2 Å². The van der Waals surface area contributed by atoms with Crippen molar-refractivity contribution in [1.82, 2.24) is 9.66 Å². The average molecular weight is 617 g/mol. The van der Waals surface area contributed by atoms with Crippen LogP contribution in [0.1, 0.15) is 57.2 Å². The third-order valence-electron chi connectivity index (χ3n) is 6.98. The molecule has 0 bridgehead atoms. The lowest BCUT2D eigenvalue weighted by Gasteiger charge is -2.18. The average Bonchev–Trinajstić information content (AvgIpc) is 3.01. The first kappa shape index (κ1) is 32.6. The number of methoxy groups -OCH3 is 1. The number of carbonyl (C=O) groups excluding carboxylic acids is 1. The molecule has 0 N–H and O–H groups in total. The molecule has 0 spiro atoms. The SMILES string of the molecule is CCOC(=O)[C@H](C)Oc1c(OC)cc(C=Nn2c(-c3cc(C(C)C)c(OCC)cc3C)nc3ccccc3c2=O)cc1[N+](=O)[O-]. The molecule has 3 aromatic carbocycles. The van der Waals surface area contributed by atoms with Crippen LogP contribution in [0, 0.1) is 17.0 Å². The lowest BCUT2D eigenvalue weighted by Crippen LogP contribution is -2.26. The molecule has 1 aromatic heterocycles. The maximum Gasteiger partial charge on any atom is 0.347 e. The molecule has 1 atom stereocenters. The van der Waals surface area contributed by atoms with Crippen LogP contribution in [0.2, 0.25) is 0 Å². The van der Waals surface area contributed by atoms with Crippen LogP contribution in [0.4, 0.5) is 5.69 Å². The molecule has 12 nitrogen and oxygen atoms in total. The van der Waals surface area contributed by atoms with E-state index in [1.165, 1.54) is 37.1 Å². The Labute approximate surface area is 260 Å². The van der Waals surface area contributed by atoms with Crippen molar-refractivity contribution in [1.29, 1.82) is 0 Å². The van der Waals surface area contributed by atoms with E-state index in [0.717, 1.165) is 16.9 Å². The summed E-state index contributed by atoms with van der Waals surface area (Å²) in [7, 11) is 1.32. The highest BCUT2D eigenvalue weighted by Gasteiger charge is 2.27. The Kier molecular flexibility index (Phi) is 10.2. The number of aryl methyl sites for hydroxylation is 1. The van der Waals surface area contributed by atoms with Gasteiger partial charge in [-0.05, 0) is 75.1 Å². The number of nitro benzene ring substituents is 1. The Balaban J connectivity index is 1.90. The lowest BCUT2D eigenvalue weighted by atomic mass is 9.96. The number of nitro groups is 1. The summed E-state index contributed by atoms with van der Waals surface area (Å²) in [5.41, 5.74) is 2.31. The fraction of sp³-hybridized carbons (Fsp3) is 0.333. The normalized spacial score (nSPS) is 12.0. The number of aromatic nitrogens is 2. The van der Waals surface area contributed by atoms with Crippen LogP contribution in [-0.4, -0.2) is 53.2 Å². The molecule has 0 aliphatic carbocycles. The molecule has 12 heteroatoms. The zero-order valence-corrected chi connectivity index (χ0v) is 26.3. The number of fused-ring (bicyclic) bond motifs is 1. The summed E-state index contributed by atoms with van der Waals surface area (Å²) < 4.78 is 23.0. The summed E-state index contributed by atoms with van der Waals surface area (Å²) in [5, 5.41) is 16.9. The quantitative estimate of drug-likeness (QED) is 0.0807. The first-order valence-corrected chi connectivity index (χ1v) is 14.5. The molecule has 4 aromatic rings. The van der Waals surface area contributed by atoms with Gasteiger partial charge in [0.1, 0.15) is 5.75 Å². The second-order valence-electron chi connectivity index (χ2n) is 10.4. The van der Waals surface area contributed by atoms with Crippen LogP contribution >= 0.6 is 0 Å². The third-order valence-corrected chi connectivity index (χ3v) is 6.98. The Morgan fingerprint density at radius 1 is 1.09 bits per heavy atom. The summed E-state index contributed by atoms with van der Waals surface area (Å²) in [6, 6.07) is 13.5. The van der Waals surface area contributed by atoms with Gasteiger partial charge in [0.2, 0.25) is 5.75 Å². The van der Waals surface area contributed by atoms with Crippen molar-refractivity contribution in [2.75, 3.05) is 20.3 Å². The summed E-state index contributed by atoms with van der Waals surface area (Å²) in [5.74, 6) is 0.246. The zero-order chi connectivity index (χ0) is 32.8. The Morgan fingerprint density at radius 3 is 2.47 bits per heavy atom. The number of carbonyl (C=O) groups is 1. The zero-order valence-electron chi connectivity index (χ0n) is 26.3. The molecule has 0 saturated heterocycles. The molecule has 236 valence electrons. The molecule has 0 fully saturated rings. The number of para-hydroxylation sites is 1. The first-order valence-electron chi connectivity index (χ1n) is 14.5. The first-order chi connectivity index (χ1) is 21.5. The highest BCUT2D eigenvalue weighted by atomic mass is 16.6. The maximum absolute atomic E-state index is 13.8. The van der Waals surface area contributed by atoms with E-state index in [0.29, 0.717) is 28.9 Å². The fourth-order valence-corrected chi connectivity index (χ4v) is 4.77. The van der Waals surface area contributed by atoms with Crippen molar-refractivity contribution in [3.63, 3.8) is 0 Å². The van der Waals surface area contributed by atoms with Gasteiger partial charge in [-0.3, -0.25) is 14.9 Å². The van der Waals surface area contributed by atoms with Gasteiger partial charge in [-0.1, -0.05) is 26.0 Å². The predicted octanol–water partition coefficient (Wildman–Crippen LogP) is 6.02. The van der Waals surface area contributed by atoms with E-state index in [2.05, 4.69) is 18.9 Å². The molecule has 0 aliphatic rings. The van der Waals surface area contributed by atoms with E-state index in [1.807, 2.05) is 26.0 Å². The highest BCUT2D eigenvalue weighted by Crippen LogP contribution is 2.39. The van der Waals surface area contributed by atoms with E-state index in [9.17, 15) is 19.7 Å². The minimum absolute atomic E-state index is 0.00469. The van der Waals surface area contributed by atoms with Gasteiger partial charge in [-0.15, -0.1) is 0 Å². The standard InChI is InChI=1S/C33H36N4O8/c1-8-43-28-14-20(5)25(17-24(28)19(3)4)31-35-26-13-11-10-12-23(26)32(38)36(31)34-18-22-15-27(37(40)41)30(29(16-22)42-7)45-21(6)33(39)44-9-2/h10-19,21H,8-9H2,1-7H3/t21-/m0/s1. The Bertz CT molecular complexity index is 1830. The van der Waals surface area contributed by atoms with Crippen molar-refractivity contribution in [2.45, 2.75) is 53.6 Å². The van der Waals surface area contributed by atoms with Gasteiger partial charge in [-0.2, -0.15) is 9.78 Å². The van der Waals surface area contributed by atoms with E-state index in [-0.39, 0.29) is 29.6 Å². The van der Waals surface area contributed by atoms with Crippen LogP contribution in [-0.2, 0) is 9.53 Å².